The molecule has 1 atom stereocenters. The van der Waals surface area contributed by atoms with Gasteiger partial charge in [-0.05, 0) is 42.2 Å². The first-order valence-corrected chi connectivity index (χ1v) is 12.1. The lowest BCUT2D eigenvalue weighted by Crippen LogP contribution is -2.54. The summed E-state index contributed by atoms with van der Waals surface area (Å²) in [5.41, 5.74) is 2.25. The van der Waals surface area contributed by atoms with Gasteiger partial charge in [-0.1, -0.05) is 62.2 Å². The predicted octanol–water partition coefficient (Wildman–Crippen LogP) is 6.00. The maximum absolute atomic E-state index is 12.9. The molecule has 194 valence electrons. The van der Waals surface area contributed by atoms with Gasteiger partial charge in [0.2, 0.25) is 0 Å². The second kappa shape index (κ2) is 13.8. The molecule has 5 nitrogen and oxygen atoms in total. The Morgan fingerprint density at radius 2 is 1.43 bits per heavy atom. The van der Waals surface area contributed by atoms with E-state index in [-0.39, 0.29) is 48.0 Å². The highest BCUT2D eigenvalue weighted by Crippen LogP contribution is 2.24. The molecule has 1 heterocycles. The van der Waals surface area contributed by atoms with Crippen LogP contribution in [0.3, 0.4) is 0 Å². The molecule has 35 heavy (non-hydrogen) atoms. The Morgan fingerprint density at radius 3 is 1.94 bits per heavy atom. The van der Waals surface area contributed by atoms with E-state index in [4.69, 9.17) is 23.2 Å². The molecule has 0 aliphatic carbocycles. The summed E-state index contributed by atoms with van der Waals surface area (Å²) in [4.78, 5) is 29.2. The standard InChI is InChI=1S/C26H33Cl2N3O2.2ClH/c1-18(32)20-6-8-21(9-7-20)25(33)29-24(26(2,3)4)17-31-13-11-30(12-14-31)16-19-5-10-22(27)23(28)15-19;;/h5-10,15,24H,11-14,16-17H2,1-4H3,(H,29,33);2*1H. The summed E-state index contributed by atoms with van der Waals surface area (Å²) in [6.07, 6.45) is 0. The number of benzene rings is 2. The molecular formula is C26H35Cl4N3O2. The third kappa shape index (κ3) is 9.23. The van der Waals surface area contributed by atoms with Crippen LogP contribution in [0.15, 0.2) is 42.5 Å². The van der Waals surface area contributed by atoms with Crippen LogP contribution in [0.4, 0.5) is 0 Å². The Kier molecular flexibility index (Phi) is 12.5. The van der Waals surface area contributed by atoms with Crippen LogP contribution in [0.2, 0.25) is 10.0 Å². The van der Waals surface area contributed by atoms with Gasteiger partial charge in [-0.3, -0.25) is 19.4 Å². The van der Waals surface area contributed by atoms with Crippen molar-refractivity contribution in [2.75, 3.05) is 32.7 Å². The number of piperazine rings is 1. The predicted molar refractivity (Wildman–Crippen MR) is 150 cm³/mol. The average Bonchev–Trinajstić information content (AvgIpc) is 2.76. The summed E-state index contributed by atoms with van der Waals surface area (Å²) < 4.78 is 0. The number of nitrogens with zero attached hydrogens (tertiary/aromatic N) is 2. The van der Waals surface area contributed by atoms with E-state index in [1.165, 1.54) is 6.92 Å². The smallest absolute Gasteiger partial charge is 0.251 e. The zero-order chi connectivity index (χ0) is 24.2. The van der Waals surface area contributed by atoms with E-state index in [1.54, 1.807) is 24.3 Å². The van der Waals surface area contributed by atoms with Crippen molar-refractivity contribution in [1.82, 2.24) is 15.1 Å². The topological polar surface area (TPSA) is 52.7 Å². The van der Waals surface area contributed by atoms with Crippen molar-refractivity contribution in [3.8, 4) is 0 Å². The van der Waals surface area contributed by atoms with Gasteiger partial charge in [0.05, 0.1) is 10.0 Å². The maximum Gasteiger partial charge on any atom is 0.251 e. The quantitative estimate of drug-likeness (QED) is 0.420. The molecule has 3 rings (SSSR count). The maximum atomic E-state index is 12.9. The van der Waals surface area contributed by atoms with Gasteiger partial charge in [0, 0.05) is 56.4 Å². The molecule has 2 aromatic rings. The van der Waals surface area contributed by atoms with Crippen molar-refractivity contribution in [2.45, 2.75) is 40.3 Å². The van der Waals surface area contributed by atoms with E-state index in [0.29, 0.717) is 21.2 Å². The molecule has 0 saturated carbocycles. The van der Waals surface area contributed by atoms with Gasteiger partial charge in [0.25, 0.3) is 5.91 Å². The fraction of sp³-hybridized carbons (Fsp3) is 0.462. The Morgan fingerprint density at radius 1 is 0.886 bits per heavy atom. The van der Waals surface area contributed by atoms with Crippen LogP contribution in [-0.4, -0.2) is 60.3 Å². The van der Waals surface area contributed by atoms with Crippen molar-refractivity contribution < 1.29 is 9.59 Å². The molecular weight excluding hydrogens is 528 g/mol. The first-order chi connectivity index (χ1) is 15.5. The molecule has 0 bridgehead atoms. The van der Waals surface area contributed by atoms with Crippen molar-refractivity contribution >= 4 is 59.7 Å². The van der Waals surface area contributed by atoms with Gasteiger partial charge in [-0.2, -0.15) is 0 Å². The fourth-order valence-corrected chi connectivity index (χ4v) is 4.24. The van der Waals surface area contributed by atoms with E-state index in [1.807, 2.05) is 18.2 Å². The molecule has 2 aromatic carbocycles. The number of amides is 1. The van der Waals surface area contributed by atoms with Gasteiger partial charge in [0.1, 0.15) is 0 Å². The number of rotatable bonds is 7. The molecule has 0 spiro atoms. The molecule has 0 radical (unpaired) electrons. The summed E-state index contributed by atoms with van der Waals surface area (Å²) in [5, 5.41) is 4.39. The van der Waals surface area contributed by atoms with E-state index < -0.39 is 0 Å². The van der Waals surface area contributed by atoms with Crippen molar-refractivity contribution in [1.29, 1.82) is 0 Å². The first kappa shape index (κ1) is 31.7. The van der Waals surface area contributed by atoms with Crippen LogP contribution in [-0.2, 0) is 6.54 Å². The van der Waals surface area contributed by atoms with Crippen LogP contribution in [0, 0.1) is 5.41 Å². The number of Topliss-reactive ketones (excluding diaryl/α,β-unsaturated/α-hetero) is 1. The number of ketones is 1. The van der Waals surface area contributed by atoms with Gasteiger partial charge in [-0.15, -0.1) is 24.8 Å². The van der Waals surface area contributed by atoms with E-state index in [2.05, 4.69) is 35.9 Å². The van der Waals surface area contributed by atoms with Crippen molar-refractivity contribution in [2.24, 2.45) is 5.41 Å². The summed E-state index contributed by atoms with van der Waals surface area (Å²) in [7, 11) is 0. The molecule has 1 saturated heterocycles. The number of halogens is 4. The summed E-state index contributed by atoms with van der Waals surface area (Å²) in [5.74, 6) is -0.115. The molecule has 1 fully saturated rings. The summed E-state index contributed by atoms with van der Waals surface area (Å²) in [6.45, 7) is 13.4. The third-order valence-corrected chi connectivity index (χ3v) is 6.94. The Labute approximate surface area is 231 Å². The van der Waals surface area contributed by atoms with Crippen LogP contribution in [0.25, 0.3) is 0 Å². The molecule has 9 heteroatoms. The lowest BCUT2D eigenvalue weighted by Gasteiger charge is -2.40. The average molecular weight is 563 g/mol. The number of carbonyl (C=O) groups excluding carboxylic acids is 2. The minimum Gasteiger partial charge on any atom is -0.347 e. The second-order valence-electron chi connectivity index (χ2n) is 9.85. The number of hydrogen-bond acceptors (Lipinski definition) is 4. The Balaban J connectivity index is 0.00000306. The van der Waals surface area contributed by atoms with Crippen molar-refractivity contribution in [3.63, 3.8) is 0 Å². The lowest BCUT2D eigenvalue weighted by atomic mass is 9.86. The number of nitrogens with one attached hydrogen (secondary N) is 1. The molecule has 1 unspecified atom stereocenters. The SMILES string of the molecule is CC(=O)c1ccc(C(=O)NC(CN2CCN(Cc3ccc(Cl)c(Cl)c3)CC2)C(C)(C)C)cc1.Cl.Cl. The minimum absolute atomic E-state index is 0. The van der Waals surface area contributed by atoms with Crippen LogP contribution < -0.4 is 5.32 Å². The third-order valence-electron chi connectivity index (χ3n) is 6.20. The zero-order valence-corrected chi connectivity index (χ0v) is 23.8. The van der Waals surface area contributed by atoms with Gasteiger partial charge in [0.15, 0.2) is 5.78 Å². The zero-order valence-electron chi connectivity index (χ0n) is 20.6. The van der Waals surface area contributed by atoms with Crippen molar-refractivity contribution in [3.05, 3.63) is 69.2 Å². The van der Waals surface area contributed by atoms with Gasteiger partial charge >= 0.3 is 0 Å². The van der Waals surface area contributed by atoms with E-state index in [9.17, 15) is 9.59 Å². The Hall–Kier alpha value is -1.34. The van der Waals surface area contributed by atoms with Gasteiger partial charge < -0.3 is 5.32 Å². The minimum atomic E-state index is -0.108. The van der Waals surface area contributed by atoms with Crippen LogP contribution in [0.1, 0.15) is 54.0 Å². The summed E-state index contributed by atoms with van der Waals surface area (Å²) in [6, 6.07) is 12.6. The van der Waals surface area contributed by atoms with E-state index in [0.717, 1.165) is 44.8 Å². The monoisotopic (exact) mass is 561 g/mol. The molecule has 1 aliphatic heterocycles. The second-order valence-corrected chi connectivity index (χ2v) is 10.7. The van der Waals surface area contributed by atoms with Gasteiger partial charge in [-0.25, -0.2) is 0 Å². The molecule has 0 aromatic heterocycles. The largest absolute Gasteiger partial charge is 0.347 e. The normalized spacial score (nSPS) is 15.5. The highest BCUT2D eigenvalue weighted by molar-refractivity contribution is 6.42. The number of carbonyl (C=O) groups is 2. The molecule has 1 amide bonds. The fourth-order valence-electron chi connectivity index (χ4n) is 3.92. The van der Waals surface area contributed by atoms with E-state index >= 15 is 0 Å². The number of hydrogen-bond donors (Lipinski definition) is 1. The Bertz CT molecular complexity index is 985. The van der Waals surface area contributed by atoms with Crippen LogP contribution in [0.5, 0.6) is 0 Å². The molecule has 1 aliphatic rings. The molecule has 1 N–H and O–H groups in total. The highest BCUT2D eigenvalue weighted by atomic mass is 35.5. The highest BCUT2D eigenvalue weighted by Gasteiger charge is 2.30. The van der Waals surface area contributed by atoms with Crippen LogP contribution >= 0.6 is 48.0 Å². The lowest BCUT2D eigenvalue weighted by molar-refractivity contribution is 0.0790. The first-order valence-electron chi connectivity index (χ1n) is 11.3. The summed E-state index contributed by atoms with van der Waals surface area (Å²) >= 11 is 12.2.